The van der Waals surface area contributed by atoms with Crippen molar-refractivity contribution in [2.45, 2.75) is 6.42 Å². The van der Waals surface area contributed by atoms with E-state index < -0.39 is 0 Å². The number of carbonyl (C=O) groups excluding carboxylic acids is 1. The topological polar surface area (TPSA) is 47.6 Å². The number of fused-ring (bicyclic) bond motifs is 1. The van der Waals surface area contributed by atoms with Crippen molar-refractivity contribution in [3.63, 3.8) is 0 Å². The van der Waals surface area contributed by atoms with Crippen LogP contribution in [0.2, 0.25) is 0 Å². The minimum Gasteiger partial charge on any atom is -0.486 e. The van der Waals surface area contributed by atoms with Gasteiger partial charge in [0.1, 0.15) is 13.2 Å². The van der Waals surface area contributed by atoms with Crippen molar-refractivity contribution in [1.29, 1.82) is 0 Å². The van der Waals surface area contributed by atoms with E-state index >= 15 is 0 Å². The van der Waals surface area contributed by atoms with E-state index in [0.29, 0.717) is 26.2 Å². The molecule has 17 heavy (non-hydrogen) atoms. The van der Waals surface area contributed by atoms with Crippen LogP contribution in [-0.2, 0) is 11.2 Å². The van der Waals surface area contributed by atoms with E-state index in [1.807, 2.05) is 18.2 Å². The first-order valence-electron chi connectivity index (χ1n) is 5.59. The third-order valence-electron chi connectivity index (χ3n) is 2.53. The van der Waals surface area contributed by atoms with E-state index in [4.69, 9.17) is 9.47 Å². The van der Waals surface area contributed by atoms with Gasteiger partial charge in [0, 0.05) is 6.54 Å². The summed E-state index contributed by atoms with van der Waals surface area (Å²) in [5.74, 6) is 1.42. The van der Waals surface area contributed by atoms with Crippen molar-refractivity contribution in [2.75, 3.05) is 19.8 Å². The lowest BCUT2D eigenvalue weighted by Crippen LogP contribution is -2.24. The summed E-state index contributed by atoms with van der Waals surface area (Å²) in [6.07, 6.45) is 1.98. The van der Waals surface area contributed by atoms with Gasteiger partial charge in [-0.3, -0.25) is 4.79 Å². The molecule has 0 bridgehead atoms. The summed E-state index contributed by atoms with van der Waals surface area (Å²) in [7, 11) is 0. The number of carbonyl (C=O) groups is 1. The maximum atomic E-state index is 11.0. The molecular formula is C13H15NO3. The molecule has 0 aromatic heterocycles. The lowest BCUT2D eigenvalue weighted by Gasteiger charge is -2.20. The average Bonchev–Trinajstić information content (AvgIpc) is 2.39. The Labute approximate surface area is 100 Å². The molecule has 0 aliphatic carbocycles. The molecule has 0 saturated carbocycles. The third-order valence-corrected chi connectivity index (χ3v) is 2.53. The molecule has 0 atom stereocenters. The van der Waals surface area contributed by atoms with E-state index in [1.54, 1.807) is 0 Å². The molecule has 90 valence electrons. The summed E-state index contributed by atoms with van der Waals surface area (Å²) in [6.45, 7) is 5.12. The molecule has 0 spiro atoms. The van der Waals surface area contributed by atoms with E-state index in [-0.39, 0.29) is 5.91 Å². The van der Waals surface area contributed by atoms with Crippen LogP contribution in [0, 0.1) is 0 Å². The SMILES string of the molecule is C=CC(=O)NCCc1cccc2c1OCCO2. The van der Waals surface area contributed by atoms with Gasteiger partial charge >= 0.3 is 0 Å². The standard InChI is InChI=1S/C13H15NO3/c1-2-12(15)14-7-6-10-4-3-5-11-13(10)17-9-8-16-11/h2-5H,1,6-9H2,(H,14,15). The van der Waals surface area contributed by atoms with Crippen molar-refractivity contribution in [1.82, 2.24) is 5.32 Å². The molecule has 1 N–H and O–H groups in total. The Morgan fingerprint density at radius 2 is 2.24 bits per heavy atom. The minimum atomic E-state index is -0.160. The Morgan fingerprint density at radius 1 is 1.41 bits per heavy atom. The Bertz CT molecular complexity index is 429. The highest BCUT2D eigenvalue weighted by Gasteiger charge is 2.14. The van der Waals surface area contributed by atoms with E-state index in [1.165, 1.54) is 6.08 Å². The van der Waals surface area contributed by atoms with Gasteiger partial charge in [-0.05, 0) is 24.1 Å². The van der Waals surface area contributed by atoms with Crippen LogP contribution in [0.1, 0.15) is 5.56 Å². The number of para-hydroxylation sites is 1. The van der Waals surface area contributed by atoms with Gasteiger partial charge in [0.05, 0.1) is 0 Å². The van der Waals surface area contributed by atoms with Crippen LogP contribution in [0.25, 0.3) is 0 Å². The summed E-state index contributed by atoms with van der Waals surface area (Å²) in [5, 5.41) is 2.73. The number of hydrogen-bond donors (Lipinski definition) is 1. The van der Waals surface area contributed by atoms with Crippen LogP contribution < -0.4 is 14.8 Å². The predicted molar refractivity (Wildman–Crippen MR) is 64.3 cm³/mol. The van der Waals surface area contributed by atoms with E-state index in [9.17, 15) is 4.79 Å². The molecule has 4 heteroatoms. The first-order chi connectivity index (χ1) is 8.31. The van der Waals surface area contributed by atoms with Crippen LogP contribution in [0.5, 0.6) is 11.5 Å². The lowest BCUT2D eigenvalue weighted by atomic mass is 10.1. The molecule has 0 radical (unpaired) electrons. The van der Waals surface area contributed by atoms with Crippen LogP contribution in [0.3, 0.4) is 0 Å². The molecule has 1 aromatic rings. The summed E-state index contributed by atoms with van der Waals surface area (Å²) < 4.78 is 11.1. The van der Waals surface area contributed by atoms with Crippen molar-refractivity contribution < 1.29 is 14.3 Å². The number of ether oxygens (including phenoxy) is 2. The second-order valence-corrected chi connectivity index (χ2v) is 3.69. The molecule has 0 fully saturated rings. The summed E-state index contributed by atoms with van der Waals surface area (Å²) >= 11 is 0. The zero-order valence-electron chi connectivity index (χ0n) is 9.57. The fourth-order valence-electron chi connectivity index (χ4n) is 1.72. The molecule has 0 saturated heterocycles. The number of hydrogen-bond acceptors (Lipinski definition) is 3. The Morgan fingerprint density at radius 3 is 3.06 bits per heavy atom. The lowest BCUT2D eigenvalue weighted by molar-refractivity contribution is -0.116. The minimum absolute atomic E-state index is 0.160. The van der Waals surface area contributed by atoms with Crippen LogP contribution >= 0.6 is 0 Å². The maximum absolute atomic E-state index is 11.0. The van der Waals surface area contributed by atoms with Crippen molar-refractivity contribution in [3.05, 3.63) is 36.4 Å². The predicted octanol–water partition coefficient (Wildman–Crippen LogP) is 1.30. The number of benzene rings is 1. The van der Waals surface area contributed by atoms with Gasteiger partial charge in [-0.1, -0.05) is 18.7 Å². The van der Waals surface area contributed by atoms with Gasteiger partial charge in [-0.25, -0.2) is 0 Å². The van der Waals surface area contributed by atoms with Crippen molar-refractivity contribution in [3.8, 4) is 11.5 Å². The Hall–Kier alpha value is -1.97. The van der Waals surface area contributed by atoms with Crippen molar-refractivity contribution in [2.24, 2.45) is 0 Å². The van der Waals surface area contributed by atoms with Crippen LogP contribution in [0.4, 0.5) is 0 Å². The first kappa shape index (κ1) is 11.5. The monoisotopic (exact) mass is 233 g/mol. The number of rotatable bonds is 4. The summed E-state index contributed by atoms with van der Waals surface area (Å²) in [6, 6.07) is 5.80. The zero-order valence-corrected chi connectivity index (χ0v) is 9.57. The highest BCUT2D eigenvalue weighted by atomic mass is 16.6. The van der Waals surface area contributed by atoms with Gasteiger partial charge in [-0.15, -0.1) is 0 Å². The van der Waals surface area contributed by atoms with Gasteiger partial charge in [0.2, 0.25) is 5.91 Å². The molecule has 0 unspecified atom stereocenters. The quantitative estimate of drug-likeness (QED) is 0.797. The van der Waals surface area contributed by atoms with Gasteiger partial charge in [0.15, 0.2) is 11.5 Å². The average molecular weight is 233 g/mol. The second-order valence-electron chi connectivity index (χ2n) is 3.69. The Balaban J connectivity index is 2.01. The van der Waals surface area contributed by atoms with Crippen LogP contribution in [-0.4, -0.2) is 25.7 Å². The van der Waals surface area contributed by atoms with Gasteiger partial charge in [0.25, 0.3) is 0 Å². The Kier molecular flexibility index (Phi) is 3.65. The zero-order chi connectivity index (χ0) is 12.1. The summed E-state index contributed by atoms with van der Waals surface area (Å²) in [5.41, 5.74) is 1.05. The second kappa shape index (κ2) is 5.39. The van der Waals surface area contributed by atoms with Gasteiger partial charge < -0.3 is 14.8 Å². The van der Waals surface area contributed by atoms with Crippen molar-refractivity contribution >= 4 is 5.91 Å². The molecule has 1 heterocycles. The smallest absolute Gasteiger partial charge is 0.243 e. The fourth-order valence-corrected chi connectivity index (χ4v) is 1.72. The number of amides is 1. The molecule has 2 rings (SSSR count). The number of nitrogens with one attached hydrogen (secondary N) is 1. The molecule has 1 aliphatic rings. The molecule has 1 aromatic carbocycles. The molecule has 1 aliphatic heterocycles. The van der Waals surface area contributed by atoms with E-state index in [0.717, 1.165) is 17.1 Å². The van der Waals surface area contributed by atoms with E-state index in [2.05, 4.69) is 11.9 Å². The molecular weight excluding hydrogens is 218 g/mol. The third kappa shape index (κ3) is 2.78. The van der Waals surface area contributed by atoms with Gasteiger partial charge in [-0.2, -0.15) is 0 Å². The highest BCUT2D eigenvalue weighted by Crippen LogP contribution is 2.33. The van der Waals surface area contributed by atoms with Crippen LogP contribution in [0.15, 0.2) is 30.9 Å². The maximum Gasteiger partial charge on any atom is 0.243 e. The largest absolute Gasteiger partial charge is 0.486 e. The highest BCUT2D eigenvalue weighted by molar-refractivity contribution is 5.86. The molecule has 1 amide bonds. The fraction of sp³-hybridized carbons (Fsp3) is 0.308. The first-order valence-corrected chi connectivity index (χ1v) is 5.59. The molecule has 4 nitrogen and oxygen atoms in total. The normalized spacial score (nSPS) is 12.9. The summed E-state index contributed by atoms with van der Waals surface area (Å²) in [4.78, 5) is 11.0.